The number of nitrogens with zero attached hydrogens (tertiary/aromatic N) is 1. The number of nitrogens with one attached hydrogen (secondary N) is 1. The number of aliphatic imine (C=N–C) groups is 1. The first-order valence-electron chi connectivity index (χ1n) is 4.65. The van der Waals surface area contributed by atoms with E-state index >= 15 is 0 Å². The van der Waals surface area contributed by atoms with Crippen LogP contribution in [0.5, 0.6) is 0 Å². The van der Waals surface area contributed by atoms with Crippen LogP contribution in [0.25, 0.3) is 0 Å². The highest BCUT2D eigenvalue weighted by Crippen LogP contribution is 2.24. The lowest BCUT2D eigenvalue weighted by Crippen LogP contribution is -2.18. The van der Waals surface area contributed by atoms with Crippen LogP contribution >= 0.6 is 21.6 Å². The molecule has 0 fully saturated rings. The molecular formula is C10H14N2OS2. The summed E-state index contributed by atoms with van der Waals surface area (Å²) in [5.74, 6) is 1.04. The van der Waals surface area contributed by atoms with E-state index in [1.807, 2.05) is 18.4 Å². The van der Waals surface area contributed by atoms with Gasteiger partial charge in [0.2, 0.25) is 5.91 Å². The predicted octanol–water partition coefficient (Wildman–Crippen LogP) is 2.58. The Morgan fingerprint density at radius 3 is 3.13 bits per heavy atom. The lowest BCUT2D eigenvalue weighted by atomic mass is 10.2. The summed E-state index contributed by atoms with van der Waals surface area (Å²) in [7, 11) is 3.14. The summed E-state index contributed by atoms with van der Waals surface area (Å²) < 4.78 is 0. The topological polar surface area (TPSA) is 41.5 Å². The molecule has 1 rings (SSSR count). The Morgan fingerprint density at radius 1 is 1.60 bits per heavy atom. The zero-order valence-corrected chi connectivity index (χ0v) is 10.4. The second kappa shape index (κ2) is 6.74. The highest BCUT2D eigenvalue weighted by molar-refractivity contribution is 8.82. The van der Waals surface area contributed by atoms with Gasteiger partial charge in [-0.3, -0.25) is 4.79 Å². The molecule has 0 aromatic heterocycles. The summed E-state index contributed by atoms with van der Waals surface area (Å²) >= 11 is 0. The van der Waals surface area contributed by atoms with Crippen LogP contribution in [0.1, 0.15) is 13.8 Å². The van der Waals surface area contributed by atoms with Crippen molar-refractivity contribution in [1.82, 2.24) is 5.32 Å². The van der Waals surface area contributed by atoms with Gasteiger partial charge in [-0.15, -0.1) is 0 Å². The summed E-state index contributed by atoms with van der Waals surface area (Å²) in [5, 5.41) is 3.68. The van der Waals surface area contributed by atoms with Crippen LogP contribution in [0, 0.1) is 5.92 Å². The molecule has 15 heavy (non-hydrogen) atoms. The van der Waals surface area contributed by atoms with Gasteiger partial charge in [-0.1, -0.05) is 29.9 Å². The smallest absolute Gasteiger partial charge is 0.217 e. The molecule has 0 radical (unpaired) electrons. The predicted molar refractivity (Wildman–Crippen MR) is 68.7 cm³/mol. The largest absolute Gasteiger partial charge is 0.346 e. The first-order chi connectivity index (χ1) is 7.18. The first kappa shape index (κ1) is 12.4. The Balaban J connectivity index is 2.27. The molecule has 0 aromatic carbocycles. The highest BCUT2D eigenvalue weighted by Gasteiger charge is 2.00. The molecule has 1 unspecified atom stereocenters. The molecule has 0 saturated carbocycles. The maximum atomic E-state index is 10.6. The molecule has 0 bridgehead atoms. The maximum Gasteiger partial charge on any atom is 0.217 e. The summed E-state index contributed by atoms with van der Waals surface area (Å²) in [6.45, 7) is 3.62. The average Bonchev–Trinajstić information content (AvgIpc) is 2.38. The zero-order valence-electron chi connectivity index (χ0n) is 8.77. The number of carbonyl (C=O) groups is 1. The van der Waals surface area contributed by atoms with E-state index in [0.717, 1.165) is 5.04 Å². The van der Waals surface area contributed by atoms with E-state index in [9.17, 15) is 4.79 Å². The Bertz CT molecular complexity index is 311. The summed E-state index contributed by atoms with van der Waals surface area (Å²) in [6, 6.07) is 0. The quantitative estimate of drug-likeness (QED) is 0.470. The van der Waals surface area contributed by atoms with E-state index in [1.165, 1.54) is 6.92 Å². The van der Waals surface area contributed by atoms with Crippen LogP contribution in [0.4, 0.5) is 0 Å². The van der Waals surface area contributed by atoms with E-state index in [-0.39, 0.29) is 5.91 Å². The Kier molecular flexibility index (Phi) is 5.57. The van der Waals surface area contributed by atoms with Crippen LogP contribution in [0.2, 0.25) is 0 Å². The van der Waals surface area contributed by atoms with Crippen molar-refractivity contribution in [3.05, 3.63) is 24.4 Å². The molecule has 82 valence electrons. The number of allylic oxidation sites excluding steroid dienone is 2. The number of carbonyl (C=O) groups excluding carboxylic acids is 1. The van der Waals surface area contributed by atoms with Crippen LogP contribution < -0.4 is 5.32 Å². The normalized spacial score (nSPS) is 19.6. The van der Waals surface area contributed by atoms with Crippen molar-refractivity contribution < 1.29 is 4.79 Å². The van der Waals surface area contributed by atoms with E-state index in [4.69, 9.17) is 0 Å². The fraction of sp³-hybridized carbons (Fsp3) is 0.400. The van der Waals surface area contributed by atoms with Gasteiger partial charge in [-0.25, -0.2) is 4.99 Å². The SMILES string of the molecule is CC(=O)NCSSC1=NC=CC(C)C=C1. The van der Waals surface area contributed by atoms with E-state index in [1.54, 1.807) is 21.6 Å². The molecule has 0 saturated heterocycles. The molecule has 0 aromatic rings. The fourth-order valence-corrected chi connectivity index (χ4v) is 2.56. The molecular weight excluding hydrogens is 228 g/mol. The molecule has 1 aliphatic heterocycles. The van der Waals surface area contributed by atoms with Gasteiger partial charge in [0.15, 0.2) is 0 Å². The van der Waals surface area contributed by atoms with Crippen molar-refractivity contribution in [2.75, 3.05) is 5.88 Å². The van der Waals surface area contributed by atoms with Gasteiger partial charge in [-0.05, 0) is 22.8 Å². The summed E-state index contributed by atoms with van der Waals surface area (Å²) in [4.78, 5) is 14.9. The third kappa shape index (κ3) is 5.69. The first-order valence-corrected chi connectivity index (χ1v) is 6.97. The monoisotopic (exact) mass is 242 g/mol. The van der Waals surface area contributed by atoms with Gasteiger partial charge >= 0.3 is 0 Å². The van der Waals surface area contributed by atoms with Crippen LogP contribution in [0.3, 0.4) is 0 Å². The van der Waals surface area contributed by atoms with E-state index in [2.05, 4.69) is 23.3 Å². The molecule has 3 nitrogen and oxygen atoms in total. The molecule has 1 aliphatic rings. The number of hydrogen-bond acceptors (Lipinski definition) is 4. The molecule has 1 atom stereocenters. The number of rotatable bonds is 3. The minimum Gasteiger partial charge on any atom is -0.346 e. The second-order valence-corrected chi connectivity index (χ2v) is 5.42. The number of hydrogen-bond donors (Lipinski definition) is 1. The molecule has 1 amide bonds. The molecule has 0 aliphatic carbocycles. The fourth-order valence-electron chi connectivity index (χ4n) is 0.864. The summed E-state index contributed by atoms with van der Waals surface area (Å²) in [5.41, 5.74) is 0. The van der Waals surface area contributed by atoms with Crippen molar-refractivity contribution in [3.8, 4) is 0 Å². The van der Waals surface area contributed by atoms with E-state index < -0.39 is 0 Å². The van der Waals surface area contributed by atoms with Gasteiger partial charge in [0.1, 0.15) is 5.04 Å². The van der Waals surface area contributed by atoms with Crippen molar-refractivity contribution in [2.45, 2.75) is 13.8 Å². The van der Waals surface area contributed by atoms with Crippen molar-refractivity contribution >= 4 is 32.5 Å². The van der Waals surface area contributed by atoms with Crippen LogP contribution in [0.15, 0.2) is 29.4 Å². The minimum absolute atomic E-state index is 0.00466. The highest BCUT2D eigenvalue weighted by atomic mass is 33.1. The average molecular weight is 242 g/mol. The third-order valence-electron chi connectivity index (χ3n) is 1.66. The van der Waals surface area contributed by atoms with Crippen LogP contribution in [-0.2, 0) is 4.79 Å². The van der Waals surface area contributed by atoms with Crippen molar-refractivity contribution in [2.24, 2.45) is 10.9 Å². The van der Waals surface area contributed by atoms with Crippen molar-refractivity contribution in [1.29, 1.82) is 0 Å². The van der Waals surface area contributed by atoms with Crippen molar-refractivity contribution in [3.63, 3.8) is 0 Å². The maximum absolute atomic E-state index is 10.6. The lowest BCUT2D eigenvalue weighted by Gasteiger charge is -2.00. The van der Waals surface area contributed by atoms with Gasteiger partial charge in [0, 0.05) is 13.1 Å². The Morgan fingerprint density at radius 2 is 2.40 bits per heavy atom. The van der Waals surface area contributed by atoms with Gasteiger partial charge < -0.3 is 5.32 Å². The van der Waals surface area contributed by atoms with Gasteiger partial charge in [0.25, 0.3) is 0 Å². The standard InChI is InChI=1S/C10H14N2OS2/c1-8-3-4-10(11-6-5-8)15-14-7-12-9(2)13/h3-6,8H,7H2,1-2H3,(H,12,13). The van der Waals surface area contributed by atoms with Gasteiger partial charge in [-0.2, -0.15) is 0 Å². The molecule has 1 heterocycles. The molecule has 5 heteroatoms. The number of amides is 1. The third-order valence-corrected chi connectivity index (χ3v) is 3.67. The Hall–Kier alpha value is -0.680. The lowest BCUT2D eigenvalue weighted by molar-refractivity contribution is -0.118. The second-order valence-electron chi connectivity index (χ2n) is 3.11. The Labute approximate surface area is 97.9 Å². The molecule has 1 N–H and O–H groups in total. The van der Waals surface area contributed by atoms with E-state index in [0.29, 0.717) is 11.8 Å². The molecule has 0 spiro atoms. The van der Waals surface area contributed by atoms with Crippen LogP contribution in [-0.4, -0.2) is 16.8 Å². The van der Waals surface area contributed by atoms with Gasteiger partial charge in [0.05, 0.1) is 5.88 Å². The summed E-state index contributed by atoms with van der Waals surface area (Å²) in [6.07, 6.45) is 7.99. The minimum atomic E-state index is -0.00466. The zero-order chi connectivity index (χ0) is 11.1.